The van der Waals surface area contributed by atoms with E-state index in [4.69, 9.17) is 5.11 Å². The Morgan fingerprint density at radius 3 is 2.33 bits per heavy atom. The SMILES string of the molecule is CCC(CC)CN(CC(=O)OC)C(=O)CCCO. The van der Waals surface area contributed by atoms with E-state index in [-0.39, 0.29) is 25.5 Å². The topological polar surface area (TPSA) is 66.8 Å². The second-order valence-corrected chi connectivity index (χ2v) is 4.36. The molecule has 0 atom stereocenters. The standard InChI is InChI=1S/C13H25NO4/c1-4-11(5-2)9-14(10-13(17)18-3)12(16)7-6-8-15/h11,15H,4-10H2,1-3H3. The van der Waals surface area contributed by atoms with Crippen molar-refractivity contribution >= 4 is 11.9 Å². The van der Waals surface area contributed by atoms with Crippen LogP contribution in [0.2, 0.25) is 0 Å². The lowest BCUT2D eigenvalue weighted by atomic mass is 10.0. The van der Waals surface area contributed by atoms with Gasteiger partial charge in [0.15, 0.2) is 0 Å². The molecule has 0 aliphatic heterocycles. The Morgan fingerprint density at radius 2 is 1.89 bits per heavy atom. The second-order valence-electron chi connectivity index (χ2n) is 4.36. The van der Waals surface area contributed by atoms with E-state index in [1.54, 1.807) is 4.90 Å². The summed E-state index contributed by atoms with van der Waals surface area (Å²) < 4.78 is 4.60. The Balaban J connectivity index is 4.49. The third-order valence-corrected chi connectivity index (χ3v) is 3.08. The maximum absolute atomic E-state index is 11.9. The van der Waals surface area contributed by atoms with E-state index in [0.29, 0.717) is 18.9 Å². The van der Waals surface area contributed by atoms with Crippen molar-refractivity contribution in [2.24, 2.45) is 5.92 Å². The number of amides is 1. The molecule has 0 bridgehead atoms. The third kappa shape index (κ3) is 6.59. The van der Waals surface area contributed by atoms with Crippen molar-refractivity contribution in [2.75, 3.05) is 26.8 Å². The fraction of sp³-hybridized carbons (Fsp3) is 0.846. The molecule has 0 saturated carbocycles. The van der Waals surface area contributed by atoms with Gasteiger partial charge in [-0.2, -0.15) is 0 Å². The maximum Gasteiger partial charge on any atom is 0.325 e. The van der Waals surface area contributed by atoms with Crippen molar-refractivity contribution in [2.45, 2.75) is 39.5 Å². The van der Waals surface area contributed by atoms with Crippen molar-refractivity contribution in [3.05, 3.63) is 0 Å². The third-order valence-electron chi connectivity index (χ3n) is 3.08. The van der Waals surface area contributed by atoms with E-state index in [1.807, 2.05) is 0 Å². The van der Waals surface area contributed by atoms with Crippen molar-refractivity contribution < 1.29 is 19.4 Å². The first-order valence-corrected chi connectivity index (χ1v) is 6.54. The molecule has 0 saturated heterocycles. The number of aliphatic hydroxyl groups excluding tert-OH is 1. The molecule has 0 aliphatic rings. The highest BCUT2D eigenvalue weighted by Crippen LogP contribution is 2.11. The van der Waals surface area contributed by atoms with Gasteiger partial charge in [0.05, 0.1) is 7.11 Å². The molecule has 0 aromatic rings. The van der Waals surface area contributed by atoms with Crippen LogP contribution < -0.4 is 0 Å². The summed E-state index contributed by atoms with van der Waals surface area (Å²) in [5.74, 6) is -0.104. The number of rotatable bonds is 9. The molecule has 0 heterocycles. The summed E-state index contributed by atoms with van der Waals surface area (Å²) in [6.07, 6.45) is 2.65. The first-order valence-electron chi connectivity index (χ1n) is 6.54. The van der Waals surface area contributed by atoms with Crippen molar-refractivity contribution in [3.8, 4) is 0 Å². The van der Waals surface area contributed by atoms with Gasteiger partial charge in [-0.05, 0) is 12.3 Å². The molecule has 0 radical (unpaired) electrons. The summed E-state index contributed by atoms with van der Waals surface area (Å²) in [4.78, 5) is 24.8. The highest BCUT2D eigenvalue weighted by Gasteiger charge is 2.19. The second kappa shape index (κ2) is 9.88. The number of aliphatic hydroxyl groups is 1. The van der Waals surface area contributed by atoms with Gasteiger partial charge in [0.1, 0.15) is 6.54 Å². The normalized spacial score (nSPS) is 10.5. The number of hydrogen-bond acceptors (Lipinski definition) is 4. The minimum atomic E-state index is -0.404. The quantitative estimate of drug-likeness (QED) is 0.632. The highest BCUT2D eigenvalue weighted by molar-refractivity contribution is 5.82. The van der Waals surface area contributed by atoms with Gasteiger partial charge in [0.25, 0.3) is 0 Å². The summed E-state index contributed by atoms with van der Waals surface area (Å²) in [5, 5.41) is 8.74. The Bertz CT molecular complexity index is 251. The van der Waals surface area contributed by atoms with Gasteiger partial charge in [0, 0.05) is 19.6 Å². The molecule has 5 heteroatoms. The van der Waals surface area contributed by atoms with Crippen LogP contribution in [0.4, 0.5) is 0 Å². The van der Waals surface area contributed by atoms with Gasteiger partial charge in [-0.25, -0.2) is 0 Å². The number of carbonyl (C=O) groups excluding carboxylic acids is 2. The van der Waals surface area contributed by atoms with Gasteiger partial charge in [0.2, 0.25) is 5.91 Å². The predicted octanol–water partition coefficient (Wildman–Crippen LogP) is 1.20. The first kappa shape index (κ1) is 16.9. The molecule has 0 aliphatic carbocycles. The molecule has 0 spiro atoms. The molecule has 5 nitrogen and oxygen atoms in total. The van der Waals surface area contributed by atoms with Crippen molar-refractivity contribution in [1.82, 2.24) is 4.90 Å². The zero-order valence-electron chi connectivity index (χ0n) is 11.6. The van der Waals surface area contributed by atoms with Crippen LogP contribution in [0.5, 0.6) is 0 Å². The predicted molar refractivity (Wildman–Crippen MR) is 69.0 cm³/mol. The van der Waals surface area contributed by atoms with Crippen LogP contribution in [0.15, 0.2) is 0 Å². The summed E-state index contributed by atoms with van der Waals surface area (Å²) in [5.41, 5.74) is 0. The number of hydrogen-bond donors (Lipinski definition) is 1. The smallest absolute Gasteiger partial charge is 0.325 e. The number of methoxy groups -OCH3 is 1. The van der Waals surface area contributed by atoms with Gasteiger partial charge >= 0.3 is 5.97 Å². The van der Waals surface area contributed by atoms with E-state index in [9.17, 15) is 9.59 Å². The minimum absolute atomic E-state index is 0.00272. The molecule has 0 aromatic carbocycles. The molecule has 0 aromatic heterocycles. The average Bonchev–Trinajstić information content (AvgIpc) is 2.40. The number of esters is 1. The maximum atomic E-state index is 11.9. The van der Waals surface area contributed by atoms with Crippen LogP contribution in [0, 0.1) is 5.92 Å². The molecule has 18 heavy (non-hydrogen) atoms. The van der Waals surface area contributed by atoms with E-state index < -0.39 is 5.97 Å². The van der Waals surface area contributed by atoms with Crippen LogP contribution in [0.25, 0.3) is 0 Å². The highest BCUT2D eigenvalue weighted by atomic mass is 16.5. The largest absolute Gasteiger partial charge is 0.468 e. The molecular weight excluding hydrogens is 234 g/mol. The minimum Gasteiger partial charge on any atom is -0.468 e. The van der Waals surface area contributed by atoms with Crippen LogP contribution in [-0.4, -0.2) is 48.7 Å². The first-order chi connectivity index (χ1) is 8.58. The summed E-state index contributed by atoms with van der Waals surface area (Å²) >= 11 is 0. The number of nitrogens with zero attached hydrogens (tertiary/aromatic N) is 1. The molecule has 0 rings (SSSR count). The van der Waals surface area contributed by atoms with Gasteiger partial charge < -0.3 is 14.7 Å². The lowest BCUT2D eigenvalue weighted by Gasteiger charge is -2.25. The Hall–Kier alpha value is -1.10. The number of ether oxygens (including phenoxy) is 1. The molecular formula is C13H25NO4. The molecule has 106 valence electrons. The number of carbonyl (C=O) groups is 2. The molecule has 0 fully saturated rings. The fourth-order valence-corrected chi connectivity index (χ4v) is 1.72. The molecule has 1 amide bonds. The Morgan fingerprint density at radius 1 is 1.28 bits per heavy atom. The van der Waals surface area contributed by atoms with Crippen molar-refractivity contribution in [1.29, 1.82) is 0 Å². The summed E-state index contributed by atoms with van der Waals surface area (Å²) in [6.45, 7) is 4.71. The Labute approximate surface area is 109 Å². The average molecular weight is 259 g/mol. The van der Waals surface area contributed by atoms with Crippen LogP contribution in [-0.2, 0) is 14.3 Å². The lowest BCUT2D eigenvalue weighted by molar-refractivity contribution is -0.147. The summed E-state index contributed by atoms with van der Waals surface area (Å²) in [7, 11) is 1.32. The Kier molecular flexibility index (Phi) is 9.28. The monoisotopic (exact) mass is 259 g/mol. The van der Waals surface area contributed by atoms with Crippen LogP contribution >= 0.6 is 0 Å². The summed E-state index contributed by atoms with van der Waals surface area (Å²) in [6, 6.07) is 0. The van der Waals surface area contributed by atoms with Gasteiger partial charge in [-0.15, -0.1) is 0 Å². The van der Waals surface area contributed by atoms with Crippen LogP contribution in [0.3, 0.4) is 0 Å². The fourth-order valence-electron chi connectivity index (χ4n) is 1.72. The molecule has 1 N–H and O–H groups in total. The zero-order chi connectivity index (χ0) is 14.0. The van der Waals surface area contributed by atoms with E-state index >= 15 is 0 Å². The van der Waals surface area contributed by atoms with E-state index in [2.05, 4.69) is 18.6 Å². The van der Waals surface area contributed by atoms with E-state index in [1.165, 1.54) is 7.11 Å². The van der Waals surface area contributed by atoms with Gasteiger partial charge in [-0.3, -0.25) is 9.59 Å². The molecule has 0 unspecified atom stereocenters. The van der Waals surface area contributed by atoms with Crippen LogP contribution in [0.1, 0.15) is 39.5 Å². The van der Waals surface area contributed by atoms with Crippen molar-refractivity contribution in [3.63, 3.8) is 0 Å². The van der Waals surface area contributed by atoms with E-state index in [0.717, 1.165) is 12.8 Å². The zero-order valence-corrected chi connectivity index (χ0v) is 11.6. The lowest BCUT2D eigenvalue weighted by Crippen LogP contribution is -2.39. The van der Waals surface area contributed by atoms with Gasteiger partial charge in [-0.1, -0.05) is 26.7 Å².